The number of rotatable bonds is 2. The highest BCUT2D eigenvalue weighted by Crippen LogP contribution is 2.27. The summed E-state index contributed by atoms with van der Waals surface area (Å²) >= 11 is 1.38. The van der Waals surface area contributed by atoms with Gasteiger partial charge in [-0.15, -0.1) is 0 Å². The predicted octanol–water partition coefficient (Wildman–Crippen LogP) is 2.92. The molecule has 106 valence electrons. The molecule has 0 aliphatic heterocycles. The SMILES string of the molecule is CC(=O)N(C)c1ccc(-c2ccc3nc(N)sc3n2)cc1. The number of thiazole rings is 1. The zero-order valence-electron chi connectivity index (χ0n) is 11.7. The quantitative estimate of drug-likeness (QED) is 0.789. The maximum Gasteiger partial charge on any atom is 0.223 e. The van der Waals surface area contributed by atoms with Crippen molar-refractivity contribution in [2.75, 3.05) is 17.7 Å². The summed E-state index contributed by atoms with van der Waals surface area (Å²) in [5.74, 6) is 0.00225. The van der Waals surface area contributed by atoms with Crippen LogP contribution in [0.1, 0.15) is 6.92 Å². The van der Waals surface area contributed by atoms with Crippen LogP contribution in [-0.2, 0) is 4.79 Å². The molecule has 0 aliphatic carbocycles. The highest BCUT2D eigenvalue weighted by molar-refractivity contribution is 7.21. The Bertz CT molecular complexity index is 810. The van der Waals surface area contributed by atoms with Crippen molar-refractivity contribution in [3.8, 4) is 11.3 Å². The molecule has 6 heteroatoms. The summed E-state index contributed by atoms with van der Waals surface area (Å²) in [4.78, 5) is 22.5. The first-order valence-electron chi connectivity index (χ1n) is 6.42. The number of aromatic nitrogens is 2. The number of fused-ring (bicyclic) bond motifs is 1. The molecule has 3 rings (SSSR count). The number of hydrogen-bond acceptors (Lipinski definition) is 5. The lowest BCUT2D eigenvalue weighted by Crippen LogP contribution is -2.22. The minimum absolute atomic E-state index is 0.00225. The van der Waals surface area contributed by atoms with Gasteiger partial charge >= 0.3 is 0 Å². The molecule has 1 amide bonds. The fraction of sp³-hybridized carbons (Fsp3) is 0.133. The summed E-state index contributed by atoms with van der Waals surface area (Å²) in [5, 5.41) is 0.521. The molecule has 0 bridgehead atoms. The second kappa shape index (κ2) is 5.14. The van der Waals surface area contributed by atoms with E-state index in [0.29, 0.717) is 5.13 Å². The summed E-state index contributed by atoms with van der Waals surface area (Å²) in [6.07, 6.45) is 0. The van der Waals surface area contributed by atoms with Crippen LogP contribution in [0.3, 0.4) is 0 Å². The Kier molecular flexibility index (Phi) is 3.31. The minimum atomic E-state index is 0.00225. The van der Waals surface area contributed by atoms with E-state index >= 15 is 0 Å². The number of carbonyl (C=O) groups excluding carboxylic acids is 1. The Morgan fingerprint density at radius 1 is 1.14 bits per heavy atom. The highest BCUT2D eigenvalue weighted by Gasteiger charge is 2.08. The third-order valence-electron chi connectivity index (χ3n) is 3.29. The lowest BCUT2D eigenvalue weighted by atomic mass is 10.1. The molecule has 3 aromatic rings. The Labute approximate surface area is 126 Å². The van der Waals surface area contributed by atoms with Gasteiger partial charge in [-0.1, -0.05) is 23.5 Å². The Hall–Kier alpha value is -2.47. The number of anilines is 2. The van der Waals surface area contributed by atoms with E-state index in [4.69, 9.17) is 5.73 Å². The van der Waals surface area contributed by atoms with E-state index in [-0.39, 0.29) is 5.91 Å². The molecule has 2 heterocycles. The van der Waals surface area contributed by atoms with E-state index in [1.54, 1.807) is 11.9 Å². The van der Waals surface area contributed by atoms with E-state index in [1.807, 2.05) is 36.4 Å². The van der Waals surface area contributed by atoms with Crippen molar-refractivity contribution in [3.63, 3.8) is 0 Å². The van der Waals surface area contributed by atoms with Crippen LogP contribution in [0.15, 0.2) is 36.4 Å². The van der Waals surface area contributed by atoms with E-state index in [9.17, 15) is 4.79 Å². The maximum atomic E-state index is 11.3. The number of hydrogen-bond donors (Lipinski definition) is 1. The number of nitrogen functional groups attached to an aromatic ring is 1. The van der Waals surface area contributed by atoms with Crippen LogP contribution >= 0.6 is 11.3 Å². The molecule has 21 heavy (non-hydrogen) atoms. The second-order valence-corrected chi connectivity index (χ2v) is 5.71. The van der Waals surface area contributed by atoms with Gasteiger partial charge in [-0.05, 0) is 24.3 Å². The van der Waals surface area contributed by atoms with Gasteiger partial charge in [0.05, 0.1) is 5.69 Å². The van der Waals surface area contributed by atoms with Gasteiger partial charge in [0.1, 0.15) is 10.3 Å². The second-order valence-electron chi connectivity index (χ2n) is 4.70. The molecule has 0 radical (unpaired) electrons. The van der Waals surface area contributed by atoms with Crippen molar-refractivity contribution < 1.29 is 4.79 Å². The van der Waals surface area contributed by atoms with Gasteiger partial charge in [0, 0.05) is 25.2 Å². The lowest BCUT2D eigenvalue weighted by Gasteiger charge is -2.15. The number of benzene rings is 1. The first-order chi connectivity index (χ1) is 10.0. The smallest absolute Gasteiger partial charge is 0.223 e. The lowest BCUT2D eigenvalue weighted by molar-refractivity contribution is -0.116. The predicted molar refractivity (Wildman–Crippen MR) is 86.3 cm³/mol. The van der Waals surface area contributed by atoms with E-state index in [1.165, 1.54) is 18.3 Å². The molecule has 0 atom stereocenters. The van der Waals surface area contributed by atoms with Gasteiger partial charge in [-0.2, -0.15) is 0 Å². The normalized spacial score (nSPS) is 10.8. The summed E-state index contributed by atoms with van der Waals surface area (Å²) in [5.41, 5.74) is 9.22. The molecule has 0 unspecified atom stereocenters. The molecule has 0 fully saturated rings. The van der Waals surface area contributed by atoms with Gasteiger partial charge in [0.15, 0.2) is 5.13 Å². The first-order valence-corrected chi connectivity index (χ1v) is 7.24. The Morgan fingerprint density at radius 2 is 1.86 bits per heavy atom. The summed E-state index contributed by atoms with van der Waals surface area (Å²) in [7, 11) is 1.75. The first kappa shape index (κ1) is 13.5. The van der Waals surface area contributed by atoms with Crippen molar-refractivity contribution in [2.24, 2.45) is 0 Å². The topological polar surface area (TPSA) is 72.1 Å². The minimum Gasteiger partial charge on any atom is -0.375 e. The molecule has 2 N–H and O–H groups in total. The Morgan fingerprint density at radius 3 is 2.52 bits per heavy atom. The third-order valence-corrected chi connectivity index (χ3v) is 4.09. The Balaban J connectivity index is 1.96. The largest absolute Gasteiger partial charge is 0.375 e. The van der Waals surface area contributed by atoms with Crippen molar-refractivity contribution in [3.05, 3.63) is 36.4 Å². The van der Waals surface area contributed by atoms with Crippen LogP contribution in [0, 0.1) is 0 Å². The number of pyridine rings is 1. The van der Waals surface area contributed by atoms with Crippen LogP contribution in [0.25, 0.3) is 21.6 Å². The number of nitrogens with zero attached hydrogens (tertiary/aromatic N) is 3. The molecular formula is C15H14N4OS. The highest BCUT2D eigenvalue weighted by atomic mass is 32.1. The summed E-state index contributed by atoms with van der Waals surface area (Å²) in [6, 6.07) is 11.6. The van der Waals surface area contributed by atoms with Crippen molar-refractivity contribution in [2.45, 2.75) is 6.92 Å². The number of amides is 1. The molecule has 0 saturated carbocycles. The van der Waals surface area contributed by atoms with Crippen LogP contribution < -0.4 is 10.6 Å². The zero-order valence-corrected chi connectivity index (χ0v) is 12.5. The van der Waals surface area contributed by atoms with E-state index < -0.39 is 0 Å². The van der Waals surface area contributed by atoms with Crippen LogP contribution in [0.2, 0.25) is 0 Å². The molecule has 5 nitrogen and oxygen atoms in total. The van der Waals surface area contributed by atoms with E-state index in [0.717, 1.165) is 27.3 Å². The van der Waals surface area contributed by atoms with Gasteiger partial charge in [0.2, 0.25) is 5.91 Å². The molecule has 0 aliphatic rings. The monoisotopic (exact) mass is 298 g/mol. The zero-order chi connectivity index (χ0) is 15.0. The number of carbonyl (C=O) groups is 1. The molecule has 0 saturated heterocycles. The van der Waals surface area contributed by atoms with Gasteiger partial charge < -0.3 is 10.6 Å². The van der Waals surface area contributed by atoms with Gasteiger partial charge in [-0.25, -0.2) is 9.97 Å². The van der Waals surface area contributed by atoms with Crippen molar-refractivity contribution in [1.29, 1.82) is 0 Å². The molecule has 0 spiro atoms. The van der Waals surface area contributed by atoms with Crippen LogP contribution in [0.5, 0.6) is 0 Å². The third kappa shape index (κ3) is 2.57. The average molecular weight is 298 g/mol. The molecule has 2 aromatic heterocycles. The fourth-order valence-corrected chi connectivity index (χ4v) is 2.74. The van der Waals surface area contributed by atoms with Crippen LogP contribution in [0.4, 0.5) is 10.8 Å². The van der Waals surface area contributed by atoms with Gasteiger partial charge in [0.25, 0.3) is 0 Å². The number of nitrogens with two attached hydrogens (primary N) is 1. The molecule has 1 aromatic carbocycles. The fourth-order valence-electron chi connectivity index (χ4n) is 2.03. The van der Waals surface area contributed by atoms with Crippen molar-refractivity contribution in [1.82, 2.24) is 9.97 Å². The van der Waals surface area contributed by atoms with Gasteiger partial charge in [-0.3, -0.25) is 4.79 Å². The maximum absolute atomic E-state index is 11.3. The molecular weight excluding hydrogens is 284 g/mol. The summed E-state index contributed by atoms with van der Waals surface area (Å²) in [6.45, 7) is 1.54. The van der Waals surface area contributed by atoms with Crippen LogP contribution in [-0.4, -0.2) is 22.9 Å². The average Bonchev–Trinajstić information content (AvgIpc) is 2.85. The standard InChI is InChI=1S/C15H14N4OS/c1-9(20)19(2)11-5-3-10(4-6-11)12-7-8-13-14(17-12)21-15(16)18-13/h3-8H,1-2H3,(H2,16,18). The van der Waals surface area contributed by atoms with E-state index in [2.05, 4.69) is 9.97 Å². The summed E-state index contributed by atoms with van der Waals surface area (Å²) < 4.78 is 0. The van der Waals surface area contributed by atoms with Crippen molar-refractivity contribution >= 4 is 38.4 Å².